The van der Waals surface area contributed by atoms with E-state index in [9.17, 15) is 4.79 Å². The van der Waals surface area contributed by atoms with Gasteiger partial charge in [-0.3, -0.25) is 0 Å². The fourth-order valence-electron chi connectivity index (χ4n) is 2.43. The summed E-state index contributed by atoms with van der Waals surface area (Å²) in [6.07, 6.45) is 3.60. The van der Waals surface area contributed by atoms with Crippen LogP contribution in [0.15, 0.2) is 23.2 Å². The van der Waals surface area contributed by atoms with Crippen LogP contribution >= 0.6 is 0 Å². The van der Waals surface area contributed by atoms with Crippen molar-refractivity contribution in [1.82, 2.24) is 4.98 Å². The molecule has 1 fully saturated rings. The monoisotopic (exact) mass is 226 g/mol. The molecule has 17 heavy (non-hydrogen) atoms. The summed E-state index contributed by atoms with van der Waals surface area (Å²) in [5.74, 6) is 0. The normalized spacial score (nSPS) is 16.8. The highest BCUT2D eigenvalue weighted by Crippen LogP contribution is 2.49. The lowest BCUT2D eigenvalue weighted by atomic mass is 10.0. The van der Waals surface area contributed by atoms with E-state index in [4.69, 9.17) is 0 Å². The number of aromatic amines is 1. The molecular weight excluding hydrogens is 212 g/mol. The number of isocyanates is 1. The van der Waals surface area contributed by atoms with Crippen molar-refractivity contribution < 1.29 is 4.79 Å². The van der Waals surface area contributed by atoms with Gasteiger partial charge in [0.05, 0.1) is 5.54 Å². The fraction of sp³-hybridized carbons (Fsp3) is 0.357. The van der Waals surface area contributed by atoms with Gasteiger partial charge in [-0.15, -0.1) is 0 Å². The van der Waals surface area contributed by atoms with Gasteiger partial charge >= 0.3 is 0 Å². The first-order valence-corrected chi connectivity index (χ1v) is 5.85. The quantitative estimate of drug-likeness (QED) is 0.620. The molecule has 1 N–H and O–H groups in total. The minimum Gasteiger partial charge on any atom is -0.358 e. The lowest BCUT2D eigenvalue weighted by Gasteiger charge is -2.07. The van der Waals surface area contributed by atoms with E-state index in [0.29, 0.717) is 0 Å². The number of aromatic nitrogens is 1. The van der Waals surface area contributed by atoms with Crippen LogP contribution < -0.4 is 0 Å². The van der Waals surface area contributed by atoms with Gasteiger partial charge in [-0.2, -0.15) is 4.99 Å². The van der Waals surface area contributed by atoms with Crippen molar-refractivity contribution in [2.75, 3.05) is 0 Å². The molecule has 0 saturated heterocycles. The first-order chi connectivity index (χ1) is 8.16. The molecule has 0 unspecified atom stereocenters. The second-order valence-corrected chi connectivity index (χ2v) is 4.87. The highest BCUT2D eigenvalue weighted by Gasteiger charge is 2.44. The summed E-state index contributed by atoms with van der Waals surface area (Å²) >= 11 is 0. The zero-order chi connectivity index (χ0) is 12.0. The zero-order valence-corrected chi connectivity index (χ0v) is 10.0. The molecule has 2 aromatic rings. The molecule has 0 bridgehead atoms. The number of fused-ring (bicyclic) bond motifs is 1. The van der Waals surface area contributed by atoms with Crippen molar-refractivity contribution in [2.45, 2.75) is 32.2 Å². The van der Waals surface area contributed by atoms with E-state index in [1.165, 1.54) is 16.6 Å². The Labute approximate surface area is 99.6 Å². The number of nitrogens with one attached hydrogen (secondary N) is 1. The molecule has 0 aliphatic heterocycles. The minimum absolute atomic E-state index is 0.275. The van der Waals surface area contributed by atoms with Crippen molar-refractivity contribution in [3.63, 3.8) is 0 Å². The summed E-state index contributed by atoms with van der Waals surface area (Å²) in [5.41, 5.74) is 4.46. The smallest absolute Gasteiger partial charge is 0.235 e. The van der Waals surface area contributed by atoms with Crippen molar-refractivity contribution in [2.24, 2.45) is 4.99 Å². The predicted molar refractivity (Wildman–Crippen MR) is 66.8 cm³/mol. The number of aliphatic imine (C=N–C) groups is 1. The van der Waals surface area contributed by atoms with Crippen molar-refractivity contribution in [3.05, 3.63) is 35.0 Å². The molecule has 86 valence electrons. The largest absolute Gasteiger partial charge is 0.358 e. The number of rotatable bonds is 2. The van der Waals surface area contributed by atoms with Crippen LogP contribution in [0.3, 0.4) is 0 Å². The highest BCUT2D eigenvalue weighted by atomic mass is 16.1. The second-order valence-electron chi connectivity index (χ2n) is 4.87. The number of nitrogens with zero attached hydrogens (tertiary/aromatic N) is 1. The number of benzene rings is 1. The van der Waals surface area contributed by atoms with E-state index in [2.05, 4.69) is 42.0 Å². The van der Waals surface area contributed by atoms with E-state index >= 15 is 0 Å². The van der Waals surface area contributed by atoms with Gasteiger partial charge in [0, 0.05) is 16.6 Å². The fourth-order valence-corrected chi connectivity index (χ4v) is 2.43. The summed E-state index contributed by atoms with van der Waals surface area (Å²) in [5, 5.41) is 1.25. The van der Waals surface area contributed by atoms with Crippen LogP contribution in [-0.2, 0) is 10.3 Å². The Morgan fingerprint density at radius 2 is 2.12 bits per heavy atom. The molecule has 3 heteroatoms. The Balaban J connectivity index is 2.17. The molecule has 1 saturated carbocycles. The summed E-state index contributed by atoms with van der Waals surface area (Å²) in [6.45, 7) is 4.19. The van der Waals surface area contributed by atoms with Crippen LogP contribution in [-0.4, -0.2) is 11.1 Å². The Hall–Kier alpha value is -1.86. The first kappa shape index (κ1) is 10.3. The number of carbonyl (C=O) groups excluding carboxylic acids is 1. The number of aryl methyl sites for hydroxylation is 2. The predicted octanol–water partition coefficient (Wildman–Crippen LogP) is 3.11. The maximum absolute atomic E-state index is 10.5. The van der Waals surface area contributed by atoms with Gasteiger partial charge in [-0.05, 0) is 43.9 Å². The lowest BCUT2D eigenvalue weighted by Crippen LogP contribution is -2.01. The molecule has 3 nitrogen and oxygen atoms in total. The standard InChI is InChI=1S/C14H14N2O/c1-9-10(2)16-13-7-11(3-4-12(9)13)14(5-6-14)15-8-17/h3-4,7,16H,5-6H2,1-2H3. The molecule has 0 spiro atoms. The van der Waals surface area contributed by atoms with Gasteiger partial charge in [-0.25, -0.2) is 4.79 Å². The summed E-state index contributed by atoms with van der Waals surface area (Å²) in [7, 11) is 0. The van der Waals surface area contributed by atoms with E-state index < -0.39 is 0 Å². The second kappa shape index (κ2) is 3.31. The molecule has 3 rings (SSSR count). The third-order valence-electron chi connectivity index (χ3n) is 3.83. The summed E-state index contributed by atoms with van der Waals surface area (Å²) in [6, 6.07) is 6.31. The third-order valence-corrected chi connectivity index (χ3v) is 3.83. The Bertz CT molecular complexity index is 644. The van der Waals surface area contributed by atoms with Crippen molar-refractivity contribution in [3.8, 4) is 0 Å². The van der Waals surface area contributed by atoms with Gasteiger partial charge in [0.25, 0.3) is 0 Å². The average Bonchev–Trinajstić information content (AvgIpc) is 3.04. The van der Waals surface area contributed by atoms with Gasteiger partial charge in [0.1, 0.15) is 0 Å². The molecule has 1 aliphatic carbocycles. The van der Waals surface area contributed by atoms with Gasteiger partial charge in [0.2, 0.25) is 6.08 Å². The number of hydrogen-bond acceptors (Lipinski definition) is 2. The van der Waals surface area contributed by atoms with Crippen LogP contribution in [0, 0.1) is 13.8 Å². The number of H-pyrrole nitrogens is 1. The number of hydrogen-bond donors (Lipinski definition) is 1. The molecule has 0 radical (unpaired) electrons. The van der Waals surface area contributed by atoms with Crippen molar-refractivity contribution in [1.29, 1.82) is 0 Å². The maximum Gasteiger partial charge on any atom is 0.235 e. The van der Waals surface area contributed by atoms with Crippen LogP contribution in [0.1, 0.15) is 29.7 Å². The van der Waals surface area contributed by atoms with E-state index in [-0.39, 0.29) is 5.54 Å². The Morgan fingerprint density at radius 3 is 2.76 bits per heavy atom. The minimum atomic E-state index is -0.275. The Kier molecular flexibility index (Phi) is 2.01. The maximum atomic E-state index is 10.5. The SMILES string of the molecule is Cc1[nH]c2cc(C3(N=C=O)CC3)ccc2c1C. The van der Waals surface area contributed by atoms with Crippen LogP contribution in [0.4, 0.5) is 0 Å². The zero-order valence-electron chi connectivity index (χ0n) is 10.0. The van der Waals surface area contributed by atoms with Crippen molar-refractivity contribution >= 4 is 17.0 Å². The first-order valence-electron chi connectivity index (χ1n) is 5.85. The van der Waals surface area contributed by atoms with Gasteiger partial charge in [0.15, 0.2) is 0 Å². The van der Waals surface area contributed by atoms with Crippen LogP contribution in [0.25, 0.3) is 10.9 Å². The van der Waals surface area contributed by atoms with Gasteiger partial charge in [-0.1, -0.05) is 12.1 Å². The van der Waals surface area contributed by atoms with Gasteiger partial charge < -0.3 is 4.98 Å². The molecule has 0 atom stereocenters. The third kappa shape index (κ3) is 1.43. The van der Waals surface area contributed by atoms with Crippen LogP contribution in [0.2, 0.25) is 0 Å². The molecule has 0 amide bonds. The summed E-state index contributed by atoms with van der Waals surface area (Å²) in [4.78, 5) is 17.8. The lowest BCUT2D eigenvalue weighted by molar-refractivity contribution is 0.556. The topological polar surface area (TPSA) is 45.2 Å². The van der Waals surface area contributed by atoms with E-state index in [0.717, 1.165) is 23.9 Å². The summed E-state index contributed by atoms with van der Waals surface area (Å²) < 4.78 is 0. The molecule has 1 heterocycles. The molecule has 1 aromatic carbocycles. The average molecular weight is 226 g/mol. The van der Waals surface area contributed by atoms with E-state index in [1.54, 1.807) is 6.08 Å². The highest BCUT2D eigenvalue weighted by molar-refractivity contribution is 5.85. The van der Waals surface area contributed by atoms with E-state index in [1.807, 2.05) is 0 Å². The molecule has 1 aromatic heterocycles. The Morgan fingerprint density at radius 1 is 1.35 bits per heavy atom. The molecular formula is C14H14N2O. The van der Waals surface area contributed by atoms with Crippen LogP contribution in [0.5, 0.6) is 0 Å². The molecule has 1 aliphatic rings.